The Morgan fingerprint density at radius 3 is 2.64 bits per heavy atom. The Morgan fingerprint density at radius 2 is 2.21 bits per heavy atom. The minimum atomic E-state index is -4.23. The zero-order valence-electron chi connectivity index (χ0n) is 6.84. The smallest absolute Gasteiger partial charge is 0.389 e. The number of carboxylic acid groups (broad SMARTS) is 1. The first-order valence-electron chi connectivity index (χ1n) is 3.63. The van der Waals surface area contributed by atoms with Gasteiger partial charge < -0.3 is 5.11 Å². The molecule has 0 unspecified atom stereocenters. The van der Waals surface area contributed by atoms with E-state index in [9.17, 15) is 18.0 Å². The summed E-state index contributed by atoms with van der Waals surface area (Å²) >= 11 is 0.771. The zero-order valence-corrected chi connectivity index (χ0v) is 7.65. The molecule has 0 saturated carbocycles. The topological polar surface area (TPSA) is 50.2 Å². The van der Waals surface area contributed by atoms with E-state index >= 15 is 0 Å². The van der Waals surface area contributed by atoms with Crippen LogP contribution in [-0.4, -0.2) is 22.2 Å². The molecule has 0 aromatic carbocycles. The van der Waals surface area contributed by atoms with Gasteiger partial charge in [-0.25, -0.2) is 9.78 Å². The van der Waals surface area contributed by atoms with Crippen LogP contribution in [-0.2, 0) is 6.42 Å². The fourth-order valence-corrected chi connectivity index (χ4v) is 1.53. The van der Waals surface area contributed by atoms with Crippen molar-refractivity contribution in [3.63, 3.8) is 0 Å². The number of carbonyl (C=O) groups is 1. The van der Waals surface area contributed by atoms with Gasteiger partial charge >= 0.3 is 12.1 Å². The Morgan fingerprint density at radius 1 is 1.57 bits per heavy atom. The number of carboxylic acids is 1. The van der Waals surface area contributed by atoms with E-state index in [1.807, 2.05) is 0 Å². The second-order valence-corrected chi connectivity index (χ2v) is 3.65. The average molecular weight is 225 g/mol. The highest BCUT2D eigenvalue weighted by Crippen LogP contribution is 2.23. The van der Waals surface area contributed by atoms with E-state index in [4.69, 9.17) is 5.11 Å². The number of nitrogens with zero attached hydrogens (tertiary/aromatic N) is 1. The largest absolute Gasteiger partial charge is 0.477 e. The van der Waals surface area contributed by atoms with Crippen molar-refractivity contribution >= 4 is 17.3 Å². The molecule has 0 saturated heterocycles. The highest BCUT2D eigenvalue weighted by Gasteiger charge is 2.27. The molecule has 1 aromatic rings. The number of halogens is 3. The lowest BCUT2D eigenvalue weighted by atomic mass is 10.3. The molecule has 7 heteroatoms. The van der Waals surface area contributed by atoms with Crippen LogP contribution in [0.4, 0.5) is 13.2 Å². The van der Waals surface area contributed by atoms with E-state index in [1.165, 1.54) is 0 Å². The molecule has 0 fully saturated rings. The normalized spacial score (nSPS) is 11.6. The number of alkyl halides is 3. The predicted molar refractivity (Wildman–Crippen MR) is 43.4 cm³/mol. The second-order valence-electron chi connectivity index (χ2n) is 2.54. The number of aromatic nitrogens is 1. The summed E-state index contributed by atoms with van der Waals surface area (Å²) in [5, 5.41) is 8.67. The van der Waals surface area contributed by atoms with Crippen LogP contribution in [0.5, 0.6) is 0 Å². The van der Waals surface area contributed by atoms with Gasteiger partial charge in [-0.15, -0.1) is 11.3 Å². The van der Waals surface area contributed by atoms with Gasteiger partial charge in [0.25, 0.3) is 0 Å². The van der Waals surface area contributed by atoms with E-state index < -0.39 is 18.6 Å². The Balaban J connectivity index is 2.56. The summed E-state index contributed by atoms with van der Waals surface area (Å²) in [7, 11) is 0. The molecular formula is C7H6F3NO2S. The van der Waals surface area contributed by atoms with Crippen molar-refractivity contribution in [2.45, 2.75) is 19.0 Å². The molecule has 1 rings (SSSR count). The maximum Gasteiger partial charge on any atom is 0.389 e. The van der Waals surface area contributed by atoms with Crippen molar-refractivity contribution in [2.75, 3.05) is 0 Å². The van der Waals surface area contributed by atoms with Crippen LogP contribution in [0, 0.1) is 0 Å². The van der Waals surface area contributed by atoms with E-state index in [0.29, 0.717) is 0 Å². The summed E-state index contributed by atoms with van der Waals surface area (Å²) in [6.07, 6.45) is -4.39. The van der Waals surface area contributed by atoms with Crippen molar-refractivity contribution < 1.29 is 23.1 Å². The second kappa shape index (κ2) is 3.95. The van der Waals surface area contributed by atoms with Crippen molar-refractivity contribution in [3.8, 4) is 0 Å². The van der Waals surface area contributed by atoms with Crippen LogP contribution in [0.1, 0.15) is 21.1 Å². The molecule has 1 heterocycles. The molecule has 1 N–H and O–H groups in total. The Hall–Kier alpha value is -1.11. The van der Waals surface area contributed by atoms with Gasteiger partial charge in [-0.1, -0.05) is 0 Å². The lowest BCUT2D eigenvalue weighted by molar-refractivity contribution is -0.134. The van der Waals surface area contributed by atoms with Crippen molar-refractivity contribution in [2.24, 2.45) is 0 Å². The van der Waals surface area contributed by atoms with Crippen molar-refractivity contribution in [3.05, 3.63) is 16.1 Å². The maximum atomic E-state index is 11.8. The SMILES string of the molecule is O=C(O)c1cnc(CCC(F)(F)F)s1. The third-order valence-electron chi connectivity index (χ3n) is 1.39. The molecule has 0 atom stereocenters. The summed E-state index contributed by atoms with van der Waals surface area (Å²) < 4.78 is 35.3. The van der Waals surface area contributed by atoms with E-state index in [1.54, 1.807) is 0 Å². The summed E-state index contributed by atoms with van der Waals surface area (Å²) in [4.78, 5) is 13.9. The zero-order chi connectivity index (χ0) is 10.8. The third-order valence-corrected chi connectivity index (χ3v) is 2.43. The third kappa shape index (κ3) is 3.33. The van der Waals surface area contributed by atoms with Crippen molar-refractivity contribution in [1.29, 1.82) is 0 Å². The van der Waals surface area contributed by atoms with Crippen molar-refractivity contribution in [1.82, 2.24) is 4.98 Å². The Kier molecular flexibility index (Phi) is 3.10. The first kappa shape index (κ1) is 11.0. The van der Waals surface area contributed by atoms with Crippen LogP contribution in [0.15, 0.2) is 6.20 Å². The Labute approximate surface area is 81.2 Å². The number of aryl methyl sites for hydroxylation is 1. The van der Waals surface area contributed by atoms with E-state index in [2.05, 4.69) is 4.98 Å². The van der Waals surface area contributed by atoms with Crippen LogP contribution >= 0.6 is 11.3 Å². The van der Waals surface area contributed by atoms with Gasteiger partial charge in [0, 0.05) is 12.8 Å². The number of hydrogen-bond acceptors (Lipinski definition) is 3. The minimum absolute atomic E-state index is 0.0397. The van der Waals surface area contributed by atoms with E-state index in [-0.39, 0.29) is 16.3 Å². The van der Waals surface area contributed by atoms with Gasteiger partial charge in [0.2, 0.25) is 0 Å². The van der Waals surface area contributed by atoms with Gasteiger partial charge in [0.1, 0.15) is 4.88 Å². The highest BCUT2D eigenvalue weighted by molar-refractivity contribution is 7.13. The predicted octanol–water partition coefficient (Wildman–Crippen LogP) is 2.34. The molecule has 0 radical (unpaired) electrons. The molecule has 0 aliphatic rings. The number of hydrogen-bond donors (Lipinski definition) is 1. The standard InChI is InChI=1S/C7H6F3NO2S/c8-7(9,10)2-1-5-11-3-4(14-5)6(12)13/h3H,1-2H2,(H,12,13). The van der Waals surface area contributed by atoms with Crippen LogP contribution in [0.2, 0.25) is 0 Å². The Bertz CT molecular complexity index is 334. The molecule has 0 amide bonds. The van der Waals surface area contributed by atoms with Gasteiger partial charge in [-0.3, -0.25) is 0 Å². The summed E-state index contributed by atoms with van der Waals surface area (Å²) in [6, 6.07) is 0. The molecule has 0 spiro atoms. The van der Waals surface area contributed by atoms with Crippen LogP contribution in [0.25, 0.3) is 0 Å². The summed E-state index contributed by atoms with van der Waals surface area (Å²) in [6.45, 7) is 0. The molecule has 14 heavy (non-hydrogen) atoms. The fourth-order valence-electron chi connectivity index (χ4n) is 0.773. The minimum Gasteiger partial charge on any atom is -0.477 e. The molecule has 3 nitrogen and oxygen atoms in total. The van der Waals surface area contributed by atoms with Crippen LogP contribution < -0.4 is 0 Å². The van der Waals surface area contributed by atoms with Gasteiger partial charge in [0.15, 0.2) is 0 Å². The molecule has 78 valence electrons. The first-order valence-corrected chi connectivity index (χ1v) is 4.45. The first-order chi connectivity index (χ1) is 6.38. The van der Waals surface area contributed by atoms with Gasteiger partial charge in [0.05, 0.1) is 11.2 Å². The average Bonchev–Trinajstić information content (AvgIpc) is 2.47. The molecular weight excluding hydrogens is 219 g/mol. The van der Waals surface area contributed by atoms with Gasteiger partial charge in [-0.2, -0.15) is 13.2 Å². The van der Waals surface area contributed by atoms with E-state index in [0.717, 1.165) is 17.5 Å². The molecule has 0 aliphatic carbocycles. The van der Waals surface area contributed by atoms with Crippen LogP contribution in [0.3, 0.4) is 0 Å². The fraction of sp³-hybridized carbons (Fsp3) is 0.429. The quantitative estimate of drug-likeness (QED) is 0.858. The number of aromatic carboxylic acids is 1. The number of thiazole rings is 1. The highest BCUT2D eigenvalue weighted by atomic mass is 32.1. The maximum absolute atomic E-state index is 11.8. The molecule has 1 aromatic heterocycles. The monoisotopic (exact) mass is 225 g/mol. The van der Waals surface area contributed by atoms with Gasteiger partial charge in [-0.05, 0) is 0 Å². The lowest BCUT2D eigenvalue weighted by Crippen LogP contribution is -2.08. The summed E-state index contributed by atoms with van der Waals surface area (Å²) in [5.41, 5.74) is 0. The lowest BCUT2D eigenvalue weighted by Gasteiger charge is -2.02. The molecule has 0 bridgehead atoms. The number of rotatable bonds is 3. The molecule has 0 aliphatic heterocycles. The summed E-state index contributed by atoms with van der Waals surface area (Å²) in [5.74, 6) is -1.17.